The van der Waals surface area contributed by atoms with Crippen LogP contribution in [0.25, 0.3) is 0 Å². The first-order valence-electron chi connectivity index (χ1n) is 7.31. The van der Waals surface area contributed by atoms with Gasteiger partial charge < -0.3 is 0 Å². The van der Waals surface area contributed by atoms with Gasteiger partial charge in [-0.2, -0.15) is 0 Å². The molecule has 0 fully saturated rings. The van der Waals surface area contributed by atoms with E-state index in [1.54, 1.807) is 10.4 Å². The molecule has 0 aliphatic rings. The van der Waals surface area contributed by atoms with Gasteiger partial charge in [-0.25, -0.2) is 0 Å². The fourth-order valence-corrected chi connectivity index (χ4v) is 9.86. The molecule has 1 aromatic rings. The molecule has 0 saturated carbocycles. The molecule has 1 aromatic carbocycles. The highest BCUT2D eigenvalue weighted by atomic mass is 28.3. The summed E-state index contributed by atoms with van der Waals surface area (Å²) in [5.41, 5.74) is 1.33. The Morgan fingerprint density at radius 2 is 1.53 bits per heavy atom. The molecule has 1 atom stereocenters. The summed E-state index contributed by atoms with van der Waals surface area (Å²) >= 11 is 0. The quantitative estimate of drug-likeness (QED) is 0.558. The van der Waals surface area contributed by atoms with Crippen molar-refractivity contribution in [2.45, 2.75) is 52.6 Å². The predicted octanol–water partition coefficient (Wildman–Crippen LogP) is 4.36. The zero-order valence-corrected chi connectivity index (χ0v) is 15.8. The van der Waals surface area contributed by atoms with Crippen molar-refractivity contribution in [3.8, 4) is 0 Å². The number of allylic oxidation sites excluding steroid dienone is 1. The monoisotopic (exact) mass is 290 g/mol. The molecule has 19 heavy (non-hydrogen) atoms. The maximum absolute atomic E-state index is 4.13. The topological polar surface area (TPSA) is 0 Å². The molecule has 1 rings (SSSR count). The van der Waals surface area contributed by atoms with E-state index < -0.39 is 16.1 Å². The lowest BCUT2D eigenvalue weighted by Crippen LogP contribution is -2.57. The Morgan fingerprint density at radius 3 is 1.95 bits per heavy atom. The van der Waals surface area contributed by atoms with Crippen molar-refractivity contribution in [3.63, 3.8) is 0 Å². The van der Waals surface area contributed by atoms with Crippen molar-refractivity contribution in [1.29, 1.82) is 0 Å². The maximum Gasteiger partial charge on any atom is 0.0810 e. The lowest BCUT2D eigenvalue weighted by molar-refractivity contribution is 0.758. The minimum absolute atomic E-state index is 0.636. The van der Waals surface area contributed by atoms with Crippen LogP contribution in [0.1, 0.15) is 13.8 Å². The van der Waals surface area contributed by atoms with E-state index in [0.717, 1.165) is 0 Å². The van der Waals surface area contributed by atoms with Crippen molar-refractivity contribution in [3.05, 3.63) is 36.4 Å². The number of benzene rings is 1. The first-order chi connectivity index (χ1) is 8.55. The van der Waals surface area contributed by atoms with Crippen LogP contribution in [0.15, 0.2) is 36.4 Å². The molecular formula is C17H30Si2. The SMILES string of the molecule is C=C(C)C(C)C[Si](C)(C)c1ccccc1[Si](C)(C)C. The van der Waals surface area contributed by atoms with Crippen molar-refractivity contribution in [2.24, 2.45) is 5.92 Å². The smallest absolute Gasteiger partial charge is 0.0810 e. The van der Waals surface area contributed by atoms with Crippen LogP contribution in [0.4, 0.5) is 0 Å². The van der Waals surface area contributed by atoms with Gasteiger partial charge in [-0.05, 0) is 18.9 Å². The van der Waals surface area contributed by atoms with E-state index in [2.05, 4.69) is 77.4 Å². The fraction of sp³-hybridized carbons (Fsp3) is 0.529. The number of rotatable bonds is 5. The number of hydrogen-bond acceptors (Lipinski definition) is 0. The Hall–Kier alpha value is -0.606. The molecule has 0 aromatic heterocycles. The molecule has 1 unspecified atom stereocenters. The van der Waals surface area contributed by atoms with Crippen LogP contribution in [0.5, 0.6) is 0 Å². The minimum Gasteiger partial charge on any atom is -0.0999 e. The third kappa shape index (κ3) is 4.18. The average molecular weight is 291 g/mol. The van der Waals surface area contributed by atoms with Crippen LogP contribution >= 0.6 is 0 Å². The third-order valence-electron chi connectivity index (χ3n) is 4.12. The minimum atomic E-state index is -1.39. The van der Waals surface area contributed by atoms with E-state index >= 15 is 0 Å². The van der Waals surface area contributed by atoms with Gasteiger partial charge >= 0.3 is 0 Å². The van der Waals surface area contributed by atoms with Crippen molar-refractivity contribution in [2.75, 3.05) is 0 Å². The van der Waals surface area contributed by atoms with E-state index in [1.165, 1.54) is 11.6 Å². The van der Waals surface area contributed by atoms with Gasteiger partial charge in [0.15, 0.2) is 0 Å². The Morgan fingerprint density at radius 1 is 1.05 bits per heavy atom. The van der Waals surface area contributed by atoms with E-state index in [-0.39, 0.29) is 0 Å². The van der Waals surface area contributed by atoms with Crippen LogP contribution in [0, 0.1) is 5.92 Å². The second-order valence-electron chi connectivity index (χ2n) is 7.63. The molecule has 0 N–H and O–H groups in total. The van der Waals surface area contributed by atoms with E-state index in [1.807, 2.05) is 0 Å². The highest BCUT2D eigenvalue weighted by Crippen LogP contribution is 2.22. The molecule has 0 bridgehead atoms. The summed E-state index contributed by atoms with van der Waals surface area (Å²) in [5, 5.41) is 3.35. The van der Waals surface area contributed by atoms with Crippen molar-refractivity contribution < 1.29 is 0 Å². The average Bonchev–Trinajstić information content (AvgIpc) is 2.27. The van der Waals surface area contributed by atoms with Gasteiger partial charge in [0.1, 0.15) is 0 Å². The molecule has 0 aliphatic carbocycles. The van der Waals surface area contributed by atoms with Crippen molar-refractivity contribution in [1.82, 2.24) is 0 Å². The van der Waals surface area contributed by atoms with Crippen LogP contribution in [-0.4, -0.2) is 16.1 Å². The van der Waals surface area contributed by atoms with Gasteiger partial charge in [0.2, 0.25) is 0 Å². The Bertz CT molecular complexity index is 453. The molecule has 0 nitrogen and oxygen atoms in total. The zero-order valence-electron chi connectivity index (χ0n) is 13.8. The molecular weight excluding hydrogens is 260 g/mol. The van der Waals surface area contributed by atoms with Crippen LogP contribution in [0.3, 0.4) is 0 Å². The molecule has 0 radical (unpaired) electrons. The molecule has 0 spiro atoms. The normalized spacial score (nSPS) is 14.3. The third-order valence-corrected chi connectivity index (χ3v) is 9.95. The van der Waals surface area contributed by atoms with E-state index in [0.29, 0.717) is 5.92 Å². The molecule has 2 heteroatoms. The Balaban J connectivity index is 3.18. The molecule has 106 valence electrons. The van der Waals surface area contributed by atoms with E-state index in [9.17, 15) is 0 Å². The van der Waals surface area contributed by atoms with Gasteiger partial charge in [0.25, 0.3) is 0 Å². The second-order valence-corrected chi connectivity index (χ2v) is 17.4. The first-order valence-corrected chi connectivity index (χ1v) is 14.0. The van der Waals surface area contributed by atoms with Crippen LogP contribution in [0.2, 0.25) is 38.8 Å². The highest BCUT2D eigenvalue weighted by molar-refractivity contribution is 6.99. The maximum atomic E-state index is 4.13. The first kappa shape index (κ1) is 16.4. The summed E-state index contributed by atoms with van der Waals surface area (Å²) in [4.78, 5) is 0. The standard InChI is InChI=1S/C17H30Si2/c1-14(2)15(3)13-19(7,8)17-12-10-9-11-16(17)18(4,5)6/h9-12,15H,1,13H2,2-8H3. The number of hydrogen-bond donors (Lipinski definition) is 0. The summed E-state index contributed by atoms with van der Waals surface area (Å²) in [6, 6.07) is 10.5. The fourth-order valence-electron chi connectivity index (χ4n) is 2.78. The molecule has 0 heterocycles. The van der Waals surface area contributed by atoms with Gasteiger partial charge in [-0.3, -0.25) is 0 Å². The molecule has 0 saturated heterocycles. The zero-order chi connectivity index (χ0) is 14.8. The van der Waals surface area contributed by atoms with Gasteiger partial charge in [-0.15, -0.1) is 0 Å². The largest absolute Gasteiger partial charge is 0.0999 e. The lowest BCUT2D eigenvalue weighted by Gasteiger charge is -2.32. The van der Waals surface area contributed by atoms with Gasteiger partial charge in [0.05, 0.1) is 16.1 Å². The van der Waals surface area contributed by atoms with Gasteiger partial charge in [-0.1, -0.05) is 86.4 Å². The Labute approximate surface area is 122 Å². The Kier molecular flexibility index (Phi) is 5.02. The summed E-state index contributed by atoms with van der Waals surface area (Å²) < 4.78 is 0. The lowest BCUT2D eigenvalue weighted by atomic mass is 10.1. The summed E-state index contributed by atoms with van der Waals surface area (Å²) in [7, 11) is -2.64. The summed E-state index contributed by atoms with van der Waals surface area (Å²) in [5.74, 6) is 0.636. The predicted molar refractivity (Wildman–Crippen MR) is 95.3 cm³/mol. The van der Waals surface area contributed by atoms with E-state index in [4.69, 9.17) is 0 Å². The molecule has 0 aliphatic heterocycles. The highest BCUT2D eigenvalue weighted by Gasteiger charge is 2.31. The van der Waals surface area contributed by atoms with Crippen LogP contribution in [-0.2, 0) is 0 Å². The van der Waals surface area contributed by atoms with Crippen LogP contribution < -0.4 is 10.4 Å². The van der Waals surface area contributed by atoms with Crippen molar-refractivity contribution >= 4 is 26.5 Å². The summed E-state index contributed by atoms with van der Waals surface area (Å²) in [6.07, 6.45) is 0. The molecule has 0 amide bonds. The summed E-state index contributed by atoms with van der Waals surface area (Å²) in [6.45, 7) is 21.0. The van der Waals surface area contributed by atoms with Gasteiger partial charge in [0, 0.05) is 0 Å². The second kappa shape index (κ2) is 5.80.